The molecule has 0 aliphatic heterocycles. The number of nitrogens with zero attached hydrogens (tertiary/aromatic N) is 1. The molecular weight excluding hydrogens is 314 g/mol. The Morgan fingerprint density at radius 1 is 1.48 bits per heavy atom. The molecule has 1 atom stereocenters. The Balaban J connectivity index is 3.08. The van der Waals surface area contributed by atoms with Crippen molar-refractivity contribution in [2.75, 3.05) is 24.3 Å². The van der Waals surface area contributed by atoms with Crippen molar-refractivity contribution in [2.24, 2.45) is 5.92 Å². The van der Waals surface area contributed by atoms with Crippen LogP contribution in [0.1, 0.15) is 12.5 Å². The highest BCUT2D eigenvalue weighted by atomic mass is 32.2. The van der Waals surface area contributed by atoms with Crippen LogP contribution in [-0.4, -0.2) is 31.9 Å². The number of aryl methyl sites for hydroxylation is 1. The minimum atomic E-state index is -3.80. The maximum absolute atomic E-state index is 12.3. The molecule has 0 saturated heterocycles. The topological polar surface area (TPSA) is 115 Å². The number of rotatable bonds is 7. The number of nitro benzene ring substituents is 1. The Hall–Kier alpha value is -1.32. The summed E-state index contributed by atoms with van der Waals surface area (Å²) in [5.74, 6) is 0.988. The van der Waals surface area contributed by atoms with Gasteiger partial charge in [-0.05, 0) is 36.5 Å². The number of hydrogen-bond donors (Lipinski definition) is 2. The van der Waals surface area contributed by atoms with Crippen LogP contribution in [0.2, 0.25) is 0 Å². The number of nitrogens with one attached hydrogen (secondary N) is 1. The quantitative estimate of drug-likeness (QED) is 0.446. The molecule has 3 N–H and O–H groups in total. The molecule has 118 valence electrons. The van der Waals surface area contributed by atoms with Gasteiger partial charge in [0.25, 0.3) is 5.69 Å². The second-order valence-electron chi connectivity index (χ2n) is 4.85. The SMILES string of the molecule is CSCC(C)CNS(=O)(=O)c1cc([N+](=O)[O-])c(N)cc1C. The average Bonchev–Trinajstić information content (AvgIpc) is 2.36. The Morgan fingerprint density at radius 2 is 2.10 bits per heavy atom. The van der Waals surface area contributed by atoms with Crippen LogP contribution < -0.4 is 10.5 Å². The molecule has 7 nitrogen and oxygen atoms in total. The molecule has 0 radical (unpaired) electrons. The van der Waals surface area contributed by atoms with Crippen molar-refractivity contribution in [3.63, 3.8) is 0 Å². The van der Waals surface area contributed by atoms with E-state index in [9.17, 15) is 18.5 Å². The van der Waals surface area contributed by atoms with E-state index in [0.29, 0.717) is 5.56 Å². The number of nitro groups is 1. The number of hydrogen-bond acceptors (Lipinski definition) is 6. The molecule has 0 bridgehead atoms. The molecule has 1 aromatic carbocycles. The number of nitrogens with two attached hydrogens (primary N) is 1. The van der Waals surface area contributed by atoms with Crippen LogP contribution in [0.25, 0.3) is 0 Å². The summed E-state index contributed by atoms with van der Waals surface area (Å²) in [6.07, 6.45) is 1.94. The summed E-state index contributed by atoms with van der Waals surface area (Å²) in [5.41, 5.74) is 5.46. The van der Waals surface area contributed by atoms with Gasteiger partial charge in [0, 0.05) is 12.6 Å². The first-order chi connectivity index (χ1) is 9.69. The van der Waals surface area contributed by atoms with E-state index in [4.69, 9.17) is 5.73 Å². The fourth-order valence-corrected chi connectivity index (χ4v) is 3.92. The zero-order valence-corrected chi connectivity index (χ0v) is 13.8. The van der Waals surface area contributed by atoms with Crippen LogP contribution in [0.3, 0.4) is 0 Å². The largest absolute Gasteiger partial charge is 0.393 e. The lowest BCUT2D eigenvalue weighted by molar-refractivity contribution is -0.384. The van der Waals surface area contributed by atoms with Crippen LogP contribution in [0.5, 0.6) is 0 Å². The van der Waals surface area contributed by atoms with Crippen molar-refractivity contribution in [3.05, 3.63) is 27.8 Å². The lowest BCUT2D eigenvalue weighted by Gasteiger charge is -2.13. The minimum Gasteiger partial charge on any atom is -0.393 e. The number of thioether (sulfide) groups is 1. The molecule has 0 aromatic heterocycles. The van der Waals surface area contributed by atoms with Gasteiger partial charge in [-0.1, -0.05) is 6.92 Å². The van der Waals surface area contributed by atoms with Gasteiger partial charge in [-0.3, -0.25) is 10.1 Å². The summed E-state index contributed by atoms with van der Waals surface area (Å²) < 4.78 is 27.0. The predicted molar refractivity (Wildman–Crippen MR) is 85.0 cm³/mol. The Bertz CT molecular complexity index is 632. The minimum absolute atomic E-state index is 0.0489. The summed E-state index contributed by atoms with van der Waals surface area (Å²) in [5, 5.41) is 10.9. The summed E-state index contributed by atoms with van der Waals surface area (Å²) in [4.78, 5) is 10.1. The van der Waals surface area contributed by atoms with Gasteiger partial charge in [-0.25, -0.2) is 13.1 Å². The smallest absolute Gasteiger partial charge is 0.293 e. The Morgan fingerprint density at radius 3 is 2.62 bits per heavy atom. The van der Waals surface area contributed by atoms with E-state index in [1.54, 1.807) is 18.7 Å². The number of nitrogen functional groups attached to an aromatic ring is 1. The van der Waals surface area contributed by atoms with Crippen LogP contribution >= 0.6 is 11.8 Å². The normalized spacial score (nSPS) is 13.1. The van der Waals surface area contributed by atoms with Crippen molar-refractivity contribution in [2.45, 2.75) is 18.7 Å². The molecule has 0 fully saturated rings. The van der Waals surface area contributed by atoms with E-state index in [0.717, 1.165) is 11.8 Å². The standard InChI is InChI=1S/C12H19N3O4S2/c1-8(7-20-3)6-14-21(18,19)12-5-11(15(16)17)10(13)4-9(12)2/h4-5,8,14H,6-7,13H2,1-3H3. The molecule has 9 heteroatoms. The number of sulfonamides is 1. The van der Waals surface area contributed by atoms with Gasteiger partial charge < -0.3 is 5.73 Å². The highest BCUT2D eigenvalue weighted by Crippen LogP contribution is 2.28. The van der Waals surface area contributed by atoms with Gasteiger partial charge in [0.15, 0.2) is 0 Å². The molecule has 1 unspecified atom stereocenters. The molecule has 0 heterocycles. The molecule has 1 rings (SSSR count). The van der Waals surface area contributed by atoms with Gasteiger partial charge >= 0.3 is 0 Å². The van der Waals surface area contributed by atoms with E-state index in [1.165, 1.54) is 6.07 Å². The first-order valence-corrected chi connectivity index (χ1v) is 9.10. The van der Waals surface area contributed by atoms with Gasteiger partial charge in [0.1, 0.15) is 5.69 Å². The fourth-order valence-electron chi connectivity index (χ4n) is 1.82. The van der Waals surface area contributed by atoms with Crippen molar-refractivity contribution in [1.82, 2.24) is 4.72 Å². The number of benzene rings is 1. The molecular formula is C12H19N3O4S2. The summed E-state index contributed by atoms with van der Waals surface area (Å²) in [6.45, 7) is 3.76. The second-order valence-corrected chi connectivity index (χ2v) is 7.49. The molecule has 1 aromatic rings. The van der Waals surface area contributed by atoms with Crippen molar-refractivity contribution < 1.29 is 13.3 Å². The summed E-state index contributed by atoms with van der Waals surface area (Å²) in [7, 11) is -3.80. The Labute approximate surface area is 128 Å². The average molecular weight is 333 g/mol. The molecule has 0 amide bonds. The van der Waals surface area contributed by atoms with Crippen molar-refractivity contribution in [3.8, 4) is 0 Å². The van der Waals surface area contributed by atoms with E-state index >= 15 is 0 Å². The molecule has 0 saturated carbocycles. The van der Waals surface area contributed by atoms with Crippen LogP contribution in [0, 0.1) is 23.0 Å². The zero-order valence-electron chi connectivity index (χ0n) is 12.1. The van der Waals surface area contributed by atoms with Crippen LogP contribution in [0.4, 0.5) is 11.4 Å². The third-order valence-electron chi connectivity index (χ3n) is 2.88. The molecule has 0 aliphatic carbocycles. The van der Waals surface area contributed by atoms with Gasteiger partial charge in [0.05, 0.1) is 9.82 Å². The second kappa shape index (κ2) is 7.10. The lowest BCUT2D eigenvalue weighted by atomic mass is 10.2. The molecule has 21 heavy (non-hydrogen) atoms. The first kappa shape index (κ1) is 17.7. The lowest BCUT2D eigenvalue weighted by Crippen LogP contribution is -2.29. The predicted octanol–water partition coefficient (Wildman–Crippen LogP) is 1.76. The maximum Gasteiger partial charge on any atom is 0.293 e. The zero-order chi connectivity index (χ0) is 16.2. The van der Waals surface area contributed by atoms with Crippen molar-refractivity contribution >= 4 is 33.2 Å². The van der Waals surface area contributed by atoms with E-state index < -0.39 is 20.6 Å². The van der Waals surface area contributed by atoms with E-state index in [1.807, 2.05) is 13.2 Å². The third-order valence-corrected chi connectivity index (χ3v) is 5.35. The molecule has 0 spiro atoms. The van der Waals surface area contributed by atoms with Crippen LogP contribution in [-0.2, 0) is 10.0 Å². The number of anilines is 1. The Kier molecular flexibility index (Phi) is 5.99. The maximum atomic E-state index is 12.3. The van der Waals surface area contributed by atoms with Crippen LogP contribution in [0.15, 0.2) is 17.0 Å². The van der Waals surface area contributed by atoms with Gasteiger partial charge in [0.2, 0.25) is 10.0 Å². The van der Waals surface area contributed by atoms with Gasteiger partial charge in [-0.15, -0.1) is 0 Å². The molecule has 0 aliphatic rings. The first-order valence-electron chi connectivity index (χ1n) is 6.22. The summed E-state index contributed by atoms with van der Waals surface area (Å²) in [6, 6.07) is 2.31. The van der Waals surface area contributed by atoms with E-state index in [-0.39, 0.29) is 23.0 Å². The third kappa shape index (κ3) is 4.58. The van der Waals surface area contributed by atoms with Crippen molar-refractivity contribution in [1.29, 1.82) is 0 Å². The summed E-state index contributed by atoms with van der Waals surface area (Å²) >= 11 is 1.63. The monoisotopic (exact) mass is 333 g/mol. The van der Waals surface area contributed by atoms with E-state index in [2.05, 4.69) is 4.72 Å². The fraction of sp³-hybridized carbons (Fsp3) is 0.500. The highest BCUT2D eigenvalue weighted by Gasteiger charge is 2.23. The van der Waals surface area contributed by atoms with Gasteiger partial charge in [-0.2, -0.15) is 11.8 Å². The highest BCUT2D eigenvalue weighted by molar-refractivity contribution is 7.98.